The topological polar surface area (TPSA) is 458 Å². The number of allylic oxidation sites excluding steroid dienone is 12. The predicted octanol–water partition coefficient (Wildman–Crippen LogP) is 18.0. The summed E-state index contributed by atoms with van der Waals surface area (Å²) < 4.78 is 215. The van der Waals surface area contributed by atoms with E-state index in [-0.39, 0.29) is 131 Å². The maximum Gasteiger partial charge on any atom is 0.471 e. The minimum absolute atomic E-state index is 0.00250. The first-order valence-corrected chi connectivity index (χ1v) is 57.7. The highest BCUT2D eigenvalue weighted by Gasteiger charge is 2.83. The van der Waals surface area contributed by atoms with E-state index in [2.05, 4.69) is 21.2 Å². The van der Waals surface area contributed by atoms with Crippen LogP contribution in [0.15, 0.2) is 120 Å². The number of benzene rings is 2. The second-order valence-corrected chi connectivity index (χ2v) is 47.8. The fourth-order valence-electron chi connectivity index (χ4n) is 26.6. The van der Waals surface area contributed by atoms with E-state index in [9.17, 15) is 85.1 Å². The fourth-order valence-corrected chi connectivity index (χ4v) is 29.8. The summed E-state index contributed by atoms with van der Waals surface area (Å²) in [5.74, 6) is -10.3. The third-order valence-corrected chi connectivity index (χ3v) is 36.0. The van der Waals surface area contributed by atoms with Gasteiger partial charge in [0, 0.05) is 99.6 Å². The summed E-state index contributed by atoms with van der Waals surface area (Å²) in [6.07, 6.45) is 7.35. The van der Waals surface area contributed by atoms with Crippen LogP contribution in [-0.4, -0.2) is 229 Å². The second-order valence-electron chi connectivity index (χ2n) is 40.0. The molecule has 2 aromatic rings. The third kappa shape index (κ3) is 21.9. The summed E-state index contributed by atoms with van der Waals surface area (Å²) in [7, 11) is -14.1. The van der Waals surface area contributed by atoms with Crippen LogP contribution in [0.25, 0.3) is 11.1 Å². The SMILES string of the molecule is CCC(=O)O[C@]1(C(=O)SCF)[C@H](C)C[C@H]2[C@@H]3C[C@H](F)C4=CC(=O)C=C[C@]4(C)[C@@]3(F)[C@@H](O)C[C@@]21C.CCC(=O)O[C@]1(C(=O)SCF)[C@H](C)C[C@H]2[C@@H]3C[C@H](F)C4=CC(=O)C=C[C@]4(C)[C@@]3(F)[C@@H](OCOP(=O)(O)O)C[C@@]21C.CCC(=O)O[C@]1(C(=O)SCF)[C@H](C)C[C@H]2[C@@H]3C[C@H](F)C4=CC(=O)C=C[C@]4(C)[C@@]3(F)[C@@H](OCSC)C[C@@]21C.CSC.O=C(CCCOP(=O)(O)O)OCC1c2ccccc2-c2ccccc21.O=P(O)(O)O. The van der Waals surface area contributed by atoms with Crippen molar-refractivity contribution < 1.29 is 178 Å². The summed E-state index contributed by atoms with van der Waals surface area (Å²) >= 11 is 4.29. The van der Waals surface area contributed by atoms with E-state index >= 15 is 26.3 Å². The van der Waals surface area contributed by atoms with Gasteiger partial charge in [-0.2, -0.15) is 11.8 Å². The van der Waals surface area contributed by atoms with Gasteiger partial charge >= 0.3 is 47.3 Å². The van der Waals surface area contributed by atoms with Gasteiger partial charge < -0.3 is 67.8 Å². The Hall–Kier alpha value is -5.89. The monoisotopic (exact) mass is 2190 g/mol. The van der Waals surface area contributed by atoms with Crippen molar-refractivity contribution >= 4 is 139 Å². The Morgan fingerprint density at radius 3 is 1.10 bits per heavy atom. The number of esters is 4. The molecule has 15 rings (SSSR count). The number of carbonyl (C=O) groups excluding carboxylic acids is 10. The average molecular weight is 2190 g/mol. The second kappa shape index (κ2) is 46.3. The Labute approximate surface area is 851 Å². The zero-order valence-electron chi connectivity index (χ0n) is 82.3. The highest BCUT2D eigenvalue weighted by atomic mass is 32.2. The molecule has 0 radical (unpaired) electrons. The highest BCUT2D eigenvalue weighted by Crippen LogP contribution is 2.77. The number of thioether (sulfide) groups is 5. The van der Waals surface area contributed by atoms with Crippen LogP contribution in [0.2, 0.25) is 0 Å². The Morgan fingerprint density at radius 2 is 0.778 bits per heavy atom. The van der Waals surface area contributed by atoms with E-state index in [0.29, 0.717) is 41.7 Å². The van der Waals surface area contributed by atoms with E-state index in [1.807, 2.05) is 55.2 Å². The minimum Gasteiger partial charge on any atom is -0.465 e. The number of alkyl halides is 9. The molecular formula is C98H128F9O29P3S5. The van der Waals surface area contributed by atoms with Gasteiger partial charge in [0.15, 0.2) is 58.0 Å². The molecule has 0 spiro atoms. The molecule has 0 unspecified atom stereocenters. The van der Waals surface area contributed by atoms with Gasteiger partial charge in [0.25, 0.3) is 0 Å². The van der Waals surface area contributed by atoms with Crippen molar-refractivity contribution in [1.29, 1.82) is 0 Å². The van der Waals surface area contributed by atoms with Crippen molar-refractivity contribution in [1.82, 2.24) is 0 Å². The average Bonchev–Trinajstić information content (AvgIpc) is 1.42. The van der Waals surface area contributed by atoms with Gasteiger partial charge in [0.05, 0.1) is 30.9 Å². The highest BCUT2D eigenvalue weighted by molar-refractivity contribution is 8.14. The van der Waals surface area contributed by atoms with Crippen molar-refractivity contribution in [2.75, 3.05) is 62.7 Å². The van der Waals surface area contributed by atoms with Gasteiger partial charge in [-0.05, 0) is 232 Å². The lowest BCUT2D eigenvalue weighted by Gasteiger charge is -2.63. The van der Waals surface area contributed by atoms with Crippen LogP contribution in [0, 0.1) is 85.8 Å². The molecule has 27 atom stereocenters. The van der Waals surface area contributed by atoms with Gasteiger partial charge in [-0.3, -0.25) is 57.0 Å². The Morgan fingerprint density at radius 1 is 0.458 bits per heavy atom. The Balaban J connectivity index is 0.000000194. The van der Waals surface area contributed by atoms with Crippen molar-refractivity contribution in [3.8, 4) is 11.1 Å². The van der Waals surface area contributed by atoms with E-state index < -0.39 is 255 Å². The predicted molar refractivity (Wildman–Crippen MR) is 522 cm³/mol. The number of phosphoric ester groups is 2. The van der Waals surface area contributed by atoms with Gasteiger partial charge in [-0.15, -0.1) is 11.8 Å². The summed E-state index contributed by atoms with van der Waals surface area (Å²) in [6.45, 7) is 18.5. The number of phosphoric acid groups is 3. The number of ketones is 3. The molecule has 0 amide bonds. The summed E-state index contributed by atoms with van der Waals surface area (Å²) in [5, 5.41) is 9.35. The van der Waals surface area contributed by atoms with Crippen molar-refractivity contribution in [3.05, 3.63) is 131 Å². The number of halogens is 9. The molecule has 9 fully saturated rings. The summed E-state index contributed by atoms with van der Waals surface area (Å²) in [6, 6.07) is 13.0. The largest absolute Gasteiger partial charge is 0.471 e. The Bertz CT molecular complexity index is 5460. The zero-order valence-corrected chi connectivity index (χ0v) is 89.1. The number of hydrogen-bond acceptors (Lipinski definition) is 27. The lowest BCUT2D eigenvalue weighted by molar-refractivity contribution is -0.248. The van der Waals surface area contributed by atoms with E-state index in [1.165, 1.54) is 69.0 Å². The van der Waals surface area contributed by atoms with Gasteiger partial charge in [-0.1, -0.05) is 129 Å². The van der Waals surface area contributed by atoms with Crippen LogP contribution in [0.3, 0.4) is 0 Å². The van der Waals surface area contributed by atoms with Gasteiger partial charge in [0.2, 0.25) is 15.3 Å². The normalized spacial score (nSPS) is 37.3. The lowest BCUT2D eigenvalue weighted by Crippen LogP contribution is -2.71. The van der Waals surface area contributed by atoms with Crippen molar-refractivity contribution in [3.63, 3.8) is 0 Å². The molecule has 802 valence electrons. The molecule has 8 N–H and O–H groups in total. The van der Waals surface area contributed by atoms with Crippen LogP contribution in [0.5, 0.6) is 0 Å². The Kier molecular flexibility index (Phi) is 38.6. The molecular weight excluding hydrogens is 2070 g/mol. The van der Waals surface area contributed by atoms with Crippen LogP contribution in [0.4, 0.5) is 39.5 Å². The van der Waals surface area contributed by atoms with Crippen LogP contribution in [0.1, 0.15) is 190 Å². The fraction of sp³-hybridized carbons (Fsp3) is 0.653. The first-order valence-electron chi connectivity index (χ1n) is 47.1. The molecule has 2 aromatic carbocycles. The molecule has 0 aromatic heterocycles. The number of carbonyl (C=O) groups is 10. The standard InChI is InChI=1S/C27H35F3O5S2.C26H34F3O9PS.C25H31F3O5S.C18H19O6P.C2H6S.H3O4P/c1-6-22(32)35-27(23(33)37-13-28)15(2)9-17-18-11-20(29)19-10-16(31)7-8-24(19,3)26(18,30)21(34-14-36-5)12-25(17,27)4;1-5-21(31)38-26(22(32)40-12-27)14(2)8-16-17-10-19(28)18-9-15(30)6-7-23(18,3)25(17,29)20(11-24(16,26)4)36-13-37-39(33,34)35;1-5-20(31)33-25(21(32)34-12-26)13(2)8-15-16-10-18(27)17-9-14(29)6-7-22(17,3)24(16,28)19(30)11-23(15,25)4;19-18(10-5-11-24-25(20,21)22)23-12-17-15-8-3-1-6-13(15)14-7-2-4-9-16(14)17;1-3-2;1-5(2,3)4/h7-8,10,15,17-18,20-21H,6,9,11-14H2,1-5H3;6-7,9,14,16-17,19-20H,5,8,10-13H2,1-4H3,(H2,33,34,35);6-7,9,13,15-16,18-19,30H,5,8,10-12H2,1-4H3;1-4,6-9,17H,5,10-12H2,(H2,20,21,22);1-2H3;(H3,1,2,3,4)/t15-,17+,18+,20+,21+,24+,25+,26+,27+;14-,16+,17+,19+,20+,23+,24+,25+,26+;13-,15+,16+,18+,19+,22+,23+,24+,25+;;;/m111.../s1. The number of aliphatic hydroxyl groups excluding tert-OH is 1. The molecule has 29 nitrogen and oxygen atoms in total. The van der Waals surface area contributed by atoms with Gasteiger partial charge in [-0.25, -0.2) is 53.2 Å². The van der Waals surface area contributed by atoms with E-state index in [1.54, 1.807) is 74.1 Å². The minimum atomic E-state index is -5.02. The lowest BCUT2D eigenvalue weighted by atomic mass is 9.44. The number of rotatable bonds is 26. The smallest absolute Gasteiger partial charge is 0.465 e. The van der Waals surface area contributed by atoms with Crippen LogP contribution >= 0.6 is 82.3 Å². The molecule has 46 heteroatoms. The number of hydrogen-bond donors (Lipinski definition) is 8. The third-order valence-electron chi connectivity index (χ3n) is 32.6. The van der Waals surface area contributed by atoms with E-state index in [0.717, 1.165) is 40.5 Å². The van der Waals surface area contributed by atoms with Crippen molar-refractivity contribution in [2.24, 2.45) is 85.8 Å². The maximum atomic E-state index is 18.0. The molecule has 0 bridgehead atoms. The number of aliphatic hydroxyl groups is 1. The summed E-state index contributed by atoms with van der Waals surface area (Å²) in [5.41, 5.74) is -15.9. The first kappa shape index (κ1) is 120. The molecule has 13 aliphatic rings. The number of fused-ring (bicyclic) bond motifs is 18. The van der Waals surface area contributed by atoms with E-state index in [4.69, 9.17) is 57.5 Å². The molecule has 0 aliphatic heterocycles. The van der Waals surface area contributed by atoms with Gasteiger partial charge in [0.1, 0.15) is 43.1 Å². The van der Waals surface area contributed by atoms with Crippen LogP contribution in [-0.2, 0) is 99.1 Å². The molecule has 0 saturated heterocycles. The quantitative estimate of drug-likeness (QED) is 0.0108. The zero-order chi connectivity index (χ0) is 108. The number of ether oxygens (including phenoxy) is 6. The maximum absolute atomic E-state index is 18.0. The molecule has 9 saturated carbocycles. The molecule has 144 heavy (non-hydrogen) atoms. The first-order chi connectivity index (χ1) is 67.1. The molecule has 0 heterocycles. The van der Waals surface area contributed by atoms with Crippen LogP contribution < -0.4 is 0 Å². The summed E-state index contributed by atoms with van der Waals surface area (Å²) in [4.78, 5) is 184. The molecule has 13 aliphatic carbocycles. The van der Waals surface area contributed by atoms with Crippen molar-refractivity contribution in [2.45, 2.75) is 250 Å².